The third kappa shape index (κ3) is 8.27. The van der Waals surface area contributed by atoms with Crippen LogP contribution in [-0.4, -0.2) is 25.1 Å². The van der Waals surface area contributed by atoms with E-state index in [1.165, 1.54) is 0 Å². The molecular weight excluding hydrogens is 221 g/mol. The van der Waals surface area contributed by atoms with E-state index >= 15 is 0 Å². The van der Waals surface area contributed by atoms with Crippen LogP contribution < -0.4 is 5.73 Å². The van der Waals surface area contributed by atoms with Crippen molar-refractivity contribution in [3.63, 3.8) is 0 Å². The van der Waals surface area contributed by atoms with Gasteiger partial charge in [-0.3, -0.25) is 0 Å². The van der Waals surface area contributed by atoms with Gasteiger partial charge in [-0.05, 0) is 0 Å². The van der Waals surface area contributed by atoms with Crippen LogP contribution >= 0.6 is 0 Å². The minimum absolute atomic E-state index is 0.0338. The molecule has 0 aliphatic heterocycles. The molecule has 1 amide bonds. The summed E-state index contributed by atoms with van der Waals surface area (Å²) in [6.07, 6.45) is 0. The molecule has 0 fully saturated rings. The monoisotopic (exact) mass is 235 g/mol. The molecular formula is C6H13NOSn. The predicted molar refractivity (Wildman–Crippen MR) is 39.6 cm³/mol. The standard InChI is InChI=1S/C5H11.CH2NO.Sn/c1-5(2,3)4;2-1-3;/h1H2,2-4H3;(H2,2,3);. The quantitative estimate of drug-likeness (QED) is 0.717. The first-order valence-corrected chi connectivity index (χ1v) is 6.40. The Morgan fingerprint density at radius 1 is 1.56 bits per heavy atom. The third-order valence-electron chi connectivity index (χ3n) is 0.793. The van der Waals surface area contributed by atoms with Crippen LogP contribution in [0.5, 0.6) is 0 Å². The fourth-order valence-corrected chi connectivity index (χ4v) is 2.36. The molecule has 52 valence electrons. The molecule has 0 aromatic heterocycles. The Morgan fingerprint density at radius 3 is 2.11 bits per heavy atom. The Kier molecular flexibility index (Phi) is 3.54. The van der Waals surface area contributed by atoms with Crippen LogP contribution in [0.2, 0.25) is 4.44 Å². The number of carbonyl (C=O) groups is 1. The Balaban J connectivity index is 3.39. The molecule has 9 heavy (non-hydrogen) atoms. The van der Waals surface area contributed by atoms with Crippen molar-refractivity contribution in [3.8, 4) is 0 Å². The zero-order valence-electron chi connectivity index (χ0n) is 6.19. The molecule has 0 atom stereocenters. The third-order valence-corrected chi connectivity index (χ3v) is 5.32. The van der Waals surface area contributed by atoms with Gasteiger partial charge in [0, 0.05) is 0 Å². The van der Waals surface area contributed by atoms with E-state index in [-0.39, 0.29) is 3.92 Å². The second-order valence-corrected chi connectivity index (χ2v) is 6.70. The molecule has 0 aromatic carbocycles. The van der Waals surface area contributed by atoms with Gasteiger partial charge in [-0.2, -0.15) is 0 Å². The number of nitrogens with two attached hydrogens (primary N) is 1. The van der Waals surface area contributed by atoms with E-state index in [1.807, 2.05) is 0 Å². The number of carbonyl (C=O) groups excluding carboxylic acids is 1. The van der Waals surface area contributed by atoms with Gasteiger partial charge >= 0.3 is 66.2 Å². The molecule has 2 radical (unpaired) electrons. The molecule has 2 N–H and O–H groups in total. The van der Waals surface area contributed by atoms with E-state index in [0.717, 1.165) is 4.44 Å². The summed E-state index contributed by atoms with van der Waals surface area (Å²) in [5, 5.41) is 0. The van der Waals surface area contributed by atoms with Crippen molar-refractivity contribution in [1.29, 1.82) is 0 Å². The van der Waals surface area contributed by atoms with Crippen molar-refractivity contribution in [3.05, 3.63) is 0 Å². The zero-order chi connectivity index (χ0) is 7.49. The predicted octanol–water partition coefficient (Wildman–Crippen LogP) is 1.23. The number of hydrogen-bond acceptors (Lipinski definition) is 1. The Labute approximate surface area is 66.4 Å². The molecule has 0 aliphatic carbocycles. The van der Waals surface area contributed by atoms with Crippen molar-refractivity contribution >= 4 is 25.1 Å². The van der Waals surface area contributed by atoms with Crippen LogP contribution in [0.25, 0.3) is 0 Å². The van der Waals surface area contributed by atoms with Gasteiger partial charge in [-0.25, -0.2) is 0 Å². The van der Waals surface area contributed by atoms with Crippen LogP contribution in [0.15, 0.2) is 0 Å². The van der Waals surface area contributed by atoms with Crippen LogP contribution in [-0.2, 0) is 0 Å². The molecule has 2 nitrogen and oxygen atoms in total. The average molecular weight is 234 g/mol. The van der Waals surface area contributed by atoms with Crippen LogP contribution in [0, 0.1) is 5.41 Å². The first-order chi connectivity index (χ1) is 3.92. The van der Waals surface area contributed by atoms with Crippen LogP contribution in [0.3, 0.4) is 0 Å². The molecule has 0 aliphatic rings. The van der Waals surface area contributed by atoms with E-state index < -0.39 is 21.1 Å². The van der Waals surface area contributed by atoms with Gasteiger partial charge in [0.05, 0.1) is 0 Å². The molecule has 0 bridgehead atoms. The van der Waals surface area contributed by atoms with Crippen molar-refractivity contribution in [2.75, 3.05) is 0 Å². The topological polar surface area (TPSA) is 43.1 Å². The number of primary amides is 1. The molecule has 3 heteroatoms. The number of hydrogen-bond donors (Lipinski definition) is 1. The minimum atomic E-state index is -0.871. The van der Waals surface area contributed by atoms with Gasteiger partial charge in [0.1, 0.15) is 0 Å². The number of rotatable bonds is 2. The molecule has 0 rings (SSSR count). The first kappa shape index (κ1) is 9.27. The van der Waals surface area contributed by atoms with Gasteiger partial charge in [0.15, 0.2) is 0 Å². The summed E-state index contributed by atoms with van der Waals surface area (Å²) >= 11 is -0.871. The second-order valence-electron chi connectivity index (χ2n) is 3.28. The van der Waals surface area contributed by atoms with Gasteiger partial charge in [-0.1, -0.05) is 0 Å². The van der Waals surface area contributed by atoms with E-state index in [1.54, 1.807) is 0 Å². The summed E-state index contributed by atoms with van der Waals surface area (Å²) in [6, 6.07) is 0. The van der Waals surface area contributed by atoms with E-state index in [9.17, 15) is 4.79 Å². The summed E-state index contributed by atoms with van der Waals surface area (Å²) in [6.45, 7) is 6.41. The van der Waals surface area contributed by atoms with E-state index in [0.29, 0.717) is 5.41 Å². The van der Waals surface area contributed by atoms with Crippen molar-refractivity contribution in [2.24, 2.45) is 11.1 Å². The first-order valence-electron chi connectivity index (χ1n) is 2.95. The Bertz CT molecular complexity index is 106. The Morgan fingerprint density at radius 2 is 2.00 bits per heavy atom. The molecule has 0 aromatic rings. The SMILES string of the molecule is CC(C)(C)[CH2][Sn][C](N)=O. The van der Waals surface area contributed by atoms with Gasteiger partial charge < -0.3 is 0 Å². The van der Waals surface area contributed by atoms with Crippen molar-refractivity contribution in [1.82, 2.24) is 0 Å². The summed E-state index contributed by atoms with van der Waals surface area (Å²) in [5.74, 6) is 0. The van der Waals surface area contributed by atoms with Gasteiger partial charge in [0.25, 0.3) is 0 Å². The molecule has 0 heterocycles. The molecule has 0 unspecified atom stereocenters. The summed E-state index contributed by atoms with van der Waals surface area (Å²) in [4.78, 5) is 10.3. The molecule has 0 saturated carbocycles. The fraction of sp³-hybridized carbons (Fsp3) is 0.833. The van der Waals surface area contributed by atoms with Crippen molar-refractivity contribution < 1.29 is 4.79 Å². The molecule has 0 saturated heterocycles. The van der Waals surface area contributed by atoms with Gasteiger partial charge in [0.2, 0.25) is 0 Å². The number of amides is 1. The summed E-state index contributed by atoms with van der Waals surface area (Å²) in [7, 11) is 0. The van der Waals surface area contributed by atoms with Gasteiger partial charge in [-0.15, -0.1) is 0 Å². The maximum atomic E-state index is 10.3. The Hall–Kier alpha value is 0.269. The normalized spacial score (nSPS) is 11.4. The summed E-state index contributed by atoms with van der Waals surface area (Å²) in [5.41, 5.74) is 5.34. The van der Waals surface area contributed by atoms with E-state index in [4.69, 9.17) is 5.73 Å². The summed E-state index contributed by atoms with van der Waals surface area (Å²) < 4.78 is 1.01. The maximum absolute atomic E-state index is 10.3. The molecule has 0 spiro atoms. The van der Waals surface area contributed by atoms with Crippen LogP contribution in [0.1, 0.15) is 20.8 Å². The van der Waals surface area contributed by atoms with E-state index in [2.05, 4.69) is 20.8 Å². The van der Waals surface area contributed by atoms with Crippen molar-refractivity contribution in [2.45, 2.75) is 25.2 Å². The average Bonchev–Trinajstić information content (AvgIpc) is 1.59. The second kappa shape index (κ2) is 3.44. The zero-order valence-corrected chi connectivity index (χ0v) is 9.05. The fourth-order valence-electron chi connectivity index (χ4n) is 0.352. The van der Waals surface area contributed by atoms with Crippen LogP contribution in [0.4, 0.5) is 4.79 Å².